The number of methoxy groups -OCH3 is 1. The second kappa shape index (κ2) is 9.30. The number of ether oxygens (including phenoxy) is 2. The summed E-state index contributed by atoms with van der Waals surface area (Å²) in [6.45, 7) is 8.00. The van der Waals surface area contributed by atoms with E-state index in [1.54, 1.807) is 7.11 Å². The Morgan fingerprint density at radius 3 is 2.37 bits per heavy atom. The zero-order valence-corrected chi connectivity index (χ0v) is 17.7. The number of amides is 1. The molecule has 0 spiro atoms. The maximum absolute atomic E-state index is 12.7. The molecule has 2 saturated heterocycles. The number of hydrogen-bond donors (Lipinski definition) is 0. The van der Waals surface area contributed by atoms with E-state index in [-0.39, 0.29) is 5.91 Å². The quantitative estimate of drug-likeness (QED) is 0.739. The monoisotopic (exact) mass is 411 g/mol. The Hall–Kier alpha value is -2.87. The molecule has 2 aromatic rings. The Kier molecular flexibility index (Phi) is 6.32. The number of carbonyl (C=O) groups is 1. The van der Waals surface area contributed by atoms with Gasteiger partial charge in [0.05, 0.1) is 26.7 Å². The average Bonchev–Trinajstić information content (AvgIpc) is 2.80. The van der Waals surface area contributed by atoms with Crippen molar-refractivity contribution in [3.63, 3.8) is 0 Å². The molecule has 0 saturated carbocycles. The van der Waals surface area contributed by atoms with Crippen LogP contribution in [0.15, 0.2) is 30.3 Å². The predicted molar refractivity (Wildman–Crippen MR) is 115 cm³/mol. The summed E-state index contributed by atoms with van der Waals surface area (Å²) in [7, 11) is 1.64. The van der Waals surface area contributed by atoms with Gasteiger partial charge in [0, 0.05) is 51.0 Å². The van der Waals surface area contributed by atoms with E-state index < -0.39 is 0 Å². The molecule has 0 bridgehead atoms. The van der Waals surface area contributed by atoms with Crippen molar-refractivity contribution in [1.29, 1.82) is 0 Å². The average molecular weight is 412 g/mol. The highest BCUT2D eigenvalue weighted by Crippen LogP contribution is 2.20. The normalized spacial score (nSPS) is 17.2. The van der Waals surface area contributed by atoms with Crippen LogP contribution in [0.4, 0.5) is 11.8 Å². The van der Waals surface area contributed by atoms with Crippen LogP contribution in [0.5, 0.6) is 5.75 Å². The first-order chi connectivity index (χ1) is 14.6. The van der Waals surface area contributed by atoms with Crippen molar-refractivity contribution in [3.05, 3.63) is 41.6 Å². The van der Waals surface area contributed by atoms with Gasteiger partial charge in [-0.2, -0.15) is 4.98 Å². The first-order valence-corrected chi connectivity index (χ1v) is 10.5. The van der Waals surface area contributed by atoms with Crippen molar-refractivity contribution in [2.24, 2.45) is 0 Å². The Bertz CT molecular complexity index is 860. The van der Waals surface area contributed by atoms with Gasteiger partial charge >= 0.3 is 0 Å². The lowest BCUT2D eigenvalue weighted by Crippen LogP contribution is -2.49. The fourth-order valence-corrected chi connectivity index (χ4v) is 3.82. The van der Waals surface area contributed by atoms with Crippen LogP contribution in [0, 0.1) is 6.92 Å². The minimum atomic E-state index is 0.152. The molecule has 0 unspecified atom stereocenters. The smallest absolute Gasteiger partial charge is 0.227 e. The van der Waals surface area contributed by atoms with Crippen LogP contribution in [0.3, 0.4) is 0 Å². The third kappa shape index (κ3) is 4.81. The third-order valence-corrected chi connectivity index (χ3v) is 5.59. The Labute approximate surface area is 177 Å². The number of morpholine rings is 1. The topological polar surface area (TPSA) is 71.0 Å². The molecule has 4 rings (SSSR count). The zero-order valence-electron chi connectivity index (χ0n) is 17.7. The largest absolute Gasteiger partial charge is 0.497 e. The lowest BCUT2D eigenvalue weighted by atomic mass is 10.1. The first kappa shape index (κ1) is 20.4. The zero-order chi connectivity index (χ0) is 20.9. The summed E-state index contributed by atoms with van der Waals surface area (Å²) < 4.78 is 10.6. The number of benzene rings is 1. The molecule has 2 aliphatic rings. The Morgan fingerprint density at radius 2 is 1.70 bits per heavy atom. The van der Waals surface area contributed by atoms with Gasteiger partial charge in [0.15, 0.2) is 0 Å². The SMILES string of the molecule is COc1ccc(CC(=O)N2CCN(c3nc(C)cc(N4CCOCC4)n3)CC2)cc1. The Balaban J connectivity index is 1.35. The van der Waals surface area contributed by atoms with E-state index in [1.807, 2.05) is 42.2 Å². The highest BCUT2D eigenvalue weighted by atomic mass is 16.5. The number of hydrogen-bond acceptors (Lipinski definition) is 7. The number of nitrogens with zero attached hydrogens (tertiary/aromatic N) is 5. The summed E-state index contributed by atoms with van der Waals surface area (Å²) in [5, 5.41) is 0. The molecular formula is C22H29N5O3. The molecule has 2 aliphatic heterocycles. The minimum Gasteiger partial charge on any atom is -0.497 e. The van der Waals surface area contributed by atoms with E-state index in [4.69, 9.17) is 14.5 Å². The number of aromatic nitrogens is 2. The highest BCUT2D eigenvalue weighted by Gasteiger charge is 2.24. The van der Waals surface area contributed by atoms with Crippen LogP contribution in [0.2, 0.25) is 0 Å². The van der Waals surface area contributed by atoms with Crippen molar-refractivity contribution in [2.75, 3.05) is 69.4 Å². The molecule has 8 nitrogen and oxygen atoms in total. The van der Waals surface area contributed by atoms with Crippen molar-refractivity contribution in [3.8, 4) is 5.75 Å². The van der Waals surface area contributed by atoms with Gasteiger partial charge in [-0.25, -0.2) is 4.98 Å². The molecular weight excluding hydrogens is 382 g/mol. The first-order valence-electron chi connectivity index (χ1n) is 10.5. The van der Waals surface area contributed by atoms with E-state index >= 15 is 0 Å². The van der Waals surface area contributed by atoms with Gasteiger partial charge < -0.3 is 24.2 Å². The van der Waals surface area contributed by atoms with Crippen molar-refractivity contribution in [2.45, 2.75) is 13.3 Å². The maximum atomic E-state index is 12.7. The van der Waals surface area contributed by atoms with Gasteiger partial charge in [0.1, 0.15) is 11.6 Å². The summed E-state index contributed by atoms with van der Waals surface area (Å²) in [6.07, 6.45) is 0.409. The summed E-state index contributed by atoms with van der Waals surface area (Å²) in [5.41, 5.74) is 1.96. The van der Waals surface area contributed by atoms with Gasteiger partial charge in [-0.3, -0.25) is 4.79 Å². The van der Waals surface area contributed by atoms with E-state index in [2.05, 4.69) is 14.8 Å². The van der Waals surface area contributed by atoms with E-state index in [0.717, 1.165) is 68.2 Å². The number of anilines is 2. The van der Waals surface area contributed by atoms with Crippen LogP contribution in [0.1, 0.15) is 11.3 Å². The van der Waals surface area contributed by atoms with Crippen LogP contribution in [-0.4, -0.2) is 80.4 Å². The predicted octanol–water partition coefficient (Wildman–Crippen LogP) is 1.52. The second-order valence-corrected chi connectivity index (χ2v) is 7.66. The second-order valence-electron chi connectivity index (χ2n) is 7.66. The lowest BCUT2D eigenvalue weighted by Gasteiger charge is -2.35. The van der Waals surface area contributed by atoms with Gasteiger partial charge in [-0.05, 0) is 24.6 Å². The molecule has 160 valence electrons. The molecule has 0 atom stereocenters. The molecule has 1 amide bonds. The molecule has 2 fully saturated rings. The fourth-order valence-electron chi connectivity index (χ4n) is 3.82. The van der Waals surface area contributed by atoms with Crippen LogP contribution in [-0.2, 0) is 16.0 Å². The van der Waals surface area contributed by atoms with Gasteiger partial charge in [0.25, 0.3) is 0 Å². The third-order valence-electron chi connectivity index (χ3n) is 5.59. The standard InChI is InChI=1S/C22H29N5O3/c1-17-15-20(25-11-13-30-14-12-25)24-22(23-17)27-9-7-26(8-10-27)21(28)16-18-3-5-19(29-2)6-4-18/h3-6,15H,7-14,16H2,1-2H3. The molecule has 3 heterocycles. The van der Waals surface area contributed by atoms with E-state index in [0.29, 0.717) is 19.5 Å². The molecule has 8 heteroatoms. The summed E-state index contributed by atoms with van der Waals surface area (Å²) in [5.74, 6) is 2.66. The molecule has 1 aromatic carbocycles. The molecule has 0 N–H and O–H groups in total. The van der Waals surface area contributed by atoms with E-state index in [1.165, 1.54) is 0 Å². The molecule has 30 heavy (non-hydrogen) atoms. The van der Waals surface area contributed by atoms with Crippen molar-refractivity contribution < 1.29 is 14.3 Å². The molecule has 1 aromatic heterocycles. The van der Waals surface area contributed by atoms with Crippen molar-refractivity contribution in [1.82, 2.24) is 14.9 Å². The number of carbonyl (C=O) groups excluding carboxylic acids is 1. The van der Waals surface area contributed by atoms with Gasteiger partial charge in [0.2, 0.25) is 11.9 Å². The minimum absolute atomic E-state index is 0.152. The number of aryl methyl sites for hydroxylation is 1. The molecule has 0 aliphatic carbocycles. The van der Waals surface area contributed by atoms with Crippen LogP contribution >= 0.6 is 0 Å². The summed E-state index contributed by atoms with van der Waals surface area (Å²) >= 11 is 0. The summed E-state index contributed by atoms with van der Waals surface area (Å²) in [4.78, 5) is 28.5. The van der Waals surface area contributed by atoms with Gasteiger partial charge in [-0.15, -0.1) is 0 Å². The lowest BCUT2D eigenvalue weighted by molar-refractivity contribution is -0.130. The van der Waals surface area contributed by atoms with Crippen LogP contribution in [0.25, 0.3) is 0 Å². The number of piperazine rings is 1. The Morgan fingerprint density at radius 1 is 1.00 bits per heavy atom. The van der Waals surface area contributed by atoms with E-state index in [9.17, 15) is 4.79 Å². The van der Waals surface area contributed by atoms with Crippen molar-refractivity contribution >= 4 is 17.7 Å². The van der Waals surface area contributed by atoms with Gasteiger partial charge in [-0.1, -0.05) is 12.1 Å². The maximum Gasteiger partial charge on any atom is 0.227 e. The summed E-state index contributed by atoms with van der Waals surface area (Å²) in [6, 6.07) is 9.70. The molecule has 0 radical (unpaired) electrons. The highest BCUT2D eigenvalue weighted by molar-refractivity contribution is 5.79. The number of rotatable bonds is 5. The fraction of sp³-hybridized carbons (Fsp3) is 0.500. The van der Waals surface area contributed by atoms with Crippen LogP contribution < -0.4 is 14.5 Å².